The van der Waals surface area contributed by atoms with E-state index in [0.717, 1.165) is 5.57 Å². The zero-order chi connectivity index (χ0) is 16.0. The highest BCUT2D eigenvalue weighted by atomic mass is 35.5. The topological polar surface area (TPSA) is 96.3 Å². The van der Waals surface area contributed by atoms with Crippen molar-refractivity contribution >= 4 is 23.4 Å². The van der Waals surface area contributed by atoms with Gasteiger partial charge >= 0.3 is 0 Å². The van der Waals surface area contributed by atoms with E-state index in [9.17, 15) is 0 Å². The minimum atomic E-state index is 0.106. The van der Waals surface area contributed by atoms with Crippen molar-refractivity contribution in [3.05, 3.63) is 29.4 Å². The highest BCUT2D eigenvalue weighted by Crippen LogP contribution is 2.25. The van der Waals surface area contributed by atoms with E-state index in [1.165, 1.54) is 6.20 Å². The lowest BCUT2D eigenvalue weighted by Gasteiger charge is -2.15. The van der Waals surface area contributed by atoms with Gasteiger partial charge in [0.15, 0.2) is 11.6 Å². The summed E-state index contributed by atoms with van der Waals surface area (Å²) in [6.07, 6.45) is 3.31. The zero-order valence-electron chi connectivity index (χ0n) is 12.7. The molecule has 6 nitrogen and oxygen atoms in total. The first-order valence-electron chi connectivity index (χ1n) is 6.46. The standard InChI is InChI=1S/C14H21ClN4O2/c1-8(2)11(5-10(6-15)20-4)9(3)21-12-7-18-14(17)19-13(12)16/h5,7-8H,6H2,1-4H3,(H4,16,17,18,19)/b10-5+,11-9-. The largest absolute Gasteiger partial charge is 0.500 e. The molecule has 0 aliphatic rings. The molecule has 0 bridgehead atoms. The van der Waals surface area contributed by atoms with Crippen molar-refractivity contribution in [3.8, 4) is 5.75 Å². The molecule has 0 aromatic carbocycles. The number of nitrogen functional groups attached to an aromatic ring is 2. The molecule has 0 saturated heterocycles. The molecule has 1 aromatic heterocycles. The fraction of sp³-hybridized carbons (Fsp3) is 0.429. The second-order valence-corrected chi connectivity index (χ2v) is 4.96. The number of hydrogen-bond acceptors (Lipinski definition) is 6. The van der Waals surface area contributed by atoms with Gasteiger partial charge in [-0.3, -0.25) is 0 Å². The van der Waals surface area contributed by atoms with Crippen LogP contribution in [0.3, 0.4) is 0 Å². The summed E-state index contributed by atoms with van der Waals surface area (Å²) in [6, 6.07) is 0. The maximum Gasteiger partial charge on any atom is 0.222 e. The monoisotopic (exact) mass is 312 g/mol. The predicted molar refractivity (Wildman–Crippen MR) is 84.8 cm³/mol. The first kappa shape index (κ1) is 17.1. The summed E-state index contributed by atoms with van der Waals surface area (Å²) in [5.41, 5.74) is 12.2. The van der Waals surface area contributed by atoms with Gasteiger partial charge in [0.05, 0.1) is 19.2 Å². The summed E-state index contributed by atoms with van der Waals surface area (Å²) >= 11 is 5.81. The minimum absolute atomic E-state index is 0.106. The lowest BCUT2D eigenvalue weighted by atomic mass is 10.0. The second-order valence-electron chi connectivity index (χ2n) is 4.69. The first-order valence-corrected chi connectivity index (χ1v) is 6.99. The van der Waals surface area contributed by atoms with Gasteiger partial charge in [-0.05, 0) is 24.5 Å². The van der Waals surface area contributed by atoms with E-state index in [-0.39, 0.29) is 23.6 Å². The number of ether oxygens (including phenoxy) is 2. The van der Waals surface area contributed by atoms with Gasteiger partial charge in [0.2, 0.25) is 5.95 Å². The van der Waals surface area contributed by atoms with Gasteiger partial charge in [0.1, 0.15) is 11.5 Å². The van der Waals surface area contributed by atoms with E-state index in [1.807, 2.05) is 26.8 Å². The van der Waals surface area contributed by atoms with E-state index in [0.29, 0.717) is 17.3 Å². The molecule has 1 heterocycles. The van der Waals surface area contributed by atoms with Crippen molar-refractivity contribution in [1.29, 1.82) is 0 Å². The normalized spacial score (nSPS) is 13.1. The van der Waals surface area contributed by atoms with E-state index in [1.54, 1.807) is 7.11 Å². The molecule has 7 heteroatoms. The molecule has 0 saturated carbocycles. The highest BCUT2D eigenvalue weighted by molar-refractivity contribution is 6.19. The van der Waals surface area contributed by atoms with E-state index in [2.05, 4.69) is 9.97 Å². The van der Waals surface area contributed by atoms with Gasteiger partial charge in [-0.25, -0.2) is 4.98 Å². The van der Waals surface area contributed by atoms with Crippen molar-refractivity contribution in [2.24, 2.45) is 5.92 Å². The molecule has 0 amide bonds. The maximum atomic E-state index is 5.81. The average molecular weight is 313 g/mol. The van der Waals surface area contributed by atoms with Gasteiger partial charge < -0.3 is 20.9 Å². The molecule has 0 unspecified atom stereocenters. The zero-order valence-corrected chi connectivity index (χ0v) is 13.4. The number of nitrogens with two attached hydrogens (primary N) is 2. The molecular weight excluding hydrogens is 292 g/mol. The molecule has 0 aliphatic heterocycles. The summed E-state index contributed by atoms with van der Waals surface area (Å²) in [5, 5.41) is 0. The third-order valence-electron chi connectivity index (χ3n) is 2.80. The number of anilines is 2. The highest BCUT2D eigenvalue weighted by Gasteiger charge is 2.11. The number of halogens is 1. The van der Waals surface area contributed by atoms with Crippen LogP contribution in [0.25, 0.3) is 0 Å². The number of methoxy groups -OCH3 is 1. The smallest absolute Gasteiger partial charge is 0.222 e. The lowest BCUT2D eigenvalue weighted by molar-refractivity contribution is 0.294. The molecule has 21 heavy (non-hydrogen) atoms. The van der Waals surface area contributed by atoms with Crippen molar-refractivity contribution < 1.29 is 9.47 Å². The van der Waals surface area contributed by atoms with Gasteiger partial charge in [0.25, 0.3) is 0 Å². The molecule has 0 atom stereocenters. The quantitative estimate of drug-likeness (QED) is 0.476. The van der Waals surface area contributed by atoms with Gasteiger partial charge in [0, 0.05) is 0 Å². The van der Waals surface area contributed by atoms with Crippen LogP contribution in [-0.4, -0.2) is 23.0 Å². The number of alkyl halides is 1. The molecule has 4 N–H and O–H groups in total. The van der Waals surface area contributed by atoms with Crippen LogP contribution in [0.4, 0.5) is 11.8 Å². The third-order valence-corrected chi connectivity index (χ3v) is 3.07. The Labute approximate surface area is 129 Å². The summed E-state index contributed by atoms with van der Waals surface area (Å²) in [5.74, 6) is 2.49. The summed E-state index contributed by atoms with van der Waals surface area (Å²) in [4.78, 5) is 7.73. The van der Waals surface area contributed by atoms with E-state index in [4.69, 9.17) is 32.5 Å². The van der Waals surface area contributed by atoms with Crippen molar-refractivity contribution in [3.63, 3.8) is 0 Å². The molecule has 1 rings (SSSR count). The Hall–Kier alpha value is -1.95. The number of allylic oxidation sites excluding steroid dienone is 4. The van der Waals surface area contributed by atoms with Crippen LogP contribution in [0.1, 0.15) is 20.8 Å². The molecule has 0 spiro atoms. The second kappa shape index (κ2) is 7.73. The van der Waals surface area contributed by atoms with Crippen LogP contribution in [0.5, 0.6) is 5.75 Å². The Morgan fingerprint density at radius 1 is 1.43 bits per heavy atom. The average Bonchev–Trinajstić information content (AvgIpc) is 2.42. The van der Waals surface area contributed by atoms with Crippen molar-refractivity contribution in [2.75, 3.05) is 24.5 Å². The van der Waals surface area contributed by atoms with Gasteiger partial charge in [-0.2, -0.15) is 4.98 Å². The van der Waals surface area contributed by atoms with E-state index < -0.39 is 0 Å². The first-order chi connectivity index (χ1) is 9.88. The summed E-state index contributed by atoms with van der Waals surface area (Å²) in [7, 11) is 1.58. The summed E-state index contributed by atoms with van der Waals surface area (Å²) < 4.78 is 10.9. The number of rotatable bonds is 6. The fourth-order valence-corrected chi connectivity index (χ4v) is 1.89. The molecule has 0 radical (unpaired) electrons. The maximum absolute atomic E-state index is 5.81. The van der Waals surface area contributed by atoms with Crippen LogP contribution >= 0.6 is 11.6 Å². The van der Waals surface area contributed by atoms with Crippen molar-refractivity contribution in [1.82, 2.24) is 9.97 Å². The van der Waals surface area contributed by atoms with Gasteiger partial charge in [-0.1, -0.05) is 13.8 Å². The Bertz CT molecular complexity index is 550. The van der Waals surface area contributed by atoms with Crippen LogP contribution in [-0.2, 0) is 4.74 Å². The fourth-order valence-electron chi connectivity index (χ4n) is 1.70. The van der Waals surface area contributed by atoms with Crippen LogP contribution in [0.15, 0.2) is 29.4 Å². The number of aromatic nitrogens is 2. The third kappa shape index (κ3) is 4.82. The number of nitrogens with zero attached hydrogens (tertiary/aromatic N) is 2. The Morgan fingerprint density at radius 3 is 2.57 bits per heavy atom. The number of hydrogen-bond donors (Lipinski definition) is 2. The Balaban J connectivity index is 3.13. The van der Waals surface area contributed by atoms with Crippen molar-refractivity contribution in [2.45, 2.75) is 20.8 Å². The van der Waals surface area contributed by atoms with E-state index >= 15 is 0 Å². The van der Waals surface area contributed by atoms with Crippen LogP contribution in [0.2, 0.25) is 0 Å². The molecule has 0 fully saturated rings. The molecular formula is C14H21ClN4O2. The summed E-state index contributed by atoms with van der Waals surface area (Å²) in [6.45, 7) is 5.93. The molecule has 116 valence electrons. The van der Waals surface area contributed by atoms with Crippen LogP contribution in [0, 0.1) is 5.92 Å². The Morgan fingerprint density at radius 2 is 2.10 bits per heavy atom. The molecule has 1 aromatic rings. The van der Waals surface area contributed by atoms with Gasteiger partial charge in [-0.15, -0.1) is 11.6 Å². The minimum Gasteiger partial charge on any atom is -0.500 e. The SMILES string of the molecule is CO/C(=C/C(=C(\C)Oc1cnc(N)nc1N)C(C)C)CCl. The Kier molecular flexibility index (Phi) is 6.30. The predicted octanol–water partition coefficient (Wildman–Crippen LogP) is 2.72. The van der Waals surface area contributed by atoms with Crippen LogP contribution < -0.4 is 16.2 Å². The lowest BCUT2D eigenvalue weighted by Crippen LogP contribution is -2.06. The molecule has 0 aliphatic carbocycles.